The van der Waals surface area contributed by atoms with Crippen molar-refractivity contribution in [3.63, 3.8) is 0 Å². The number of fused-ring (bicyclic) bond motifs is 2. The number of para-hydroxylation sites is 2. The number of alkyl halides is 3. The first-order chi connectivity index (χ1) is 15.4. The summed E-state index contributed by atoms with van der Waals surface area (Å²) in [7, 11) is 0. The van der Waals surface area contributed by atoms with E-state index in [2.05, 4.69) is 35.2 Å². The van der Waals surface area contributed by atoms with E-state index >= 15 is 0 Å². The number of nitriles is 1. The van der Waals surface area contributed by atoms with Gasteiger partial charge in [0.15, 0.2) is 0 Å². The highest BCUT2D eigenvalue weighted by Gasteiger charge is 2.31. The molecule has 0 saturated carbocycles. The number of benzene rings is 1. The number of halogens is 3. The minimum Gasteiger partial charge on any atom is -0.347 e. The molecule has 0 spiro atoms. The second-order valence-corrected chi connectivity index (χ2v) is 6.94. The molecule has 32 heavy (non-hydrogen) atoms. The van der Waals surface area contributed by atoms with Crippen molar-refractivity contribution in [2.45, 2.75) is 12.7 Å². The van der Waals surface area contributed by atoms with Gasteiger partial charge in [-0.2, -0.15) is 18.4 Å². The summed E-state index contributed by atoms with van der Waals surface area (Å²) in [6.45, 7) is 0.285. The van der Waals surface area contributed by atoms with Gasteiger partial charge in [0.1, 0.15) is 17.5 Å². The van der Waals surface area contributed by atoms with Crippen LogP contribution in [0, 0.1) is 11.3 Å². The molecule has 0 atom stereocenters. The molecule has 0 aliphatic carbocycles. The molecule has 4 aromatic heterocycles. The molecule has 0 amide bonds. The number of imidazole rings is 1. The van der Waals surface area contributed by atoms with E-state index < -0.39 is 11.7 Å². The number of hydrogen-bond donors (Lipinski definition) is 3. The van der Waals surface area contributed by atoms with Gasteiger partial charge in [-0.05, 0) is 18.2 Å². The second-order valence-electron chi connectivity index (χ2n) is 6.94. The SMILES string of the molecule is N#Cc1cnc(NCc2nc3ccccc3[nH]2)nc1-c1c[nH]c2ncc(C(F)(F)F)cc12. The molecule has 11 heteroatoms. The van der Waals surface area contributed by atoms with Gasteiger partial charge in [0.05, 0.1) is 40.6 Å². The molecule has 158 valence electrons. The van der Waals surface area contributed by atoms with Crippen LogP contribution in [0.2, 0.25) is 0 Å². The van der Waals surface area contributed by atoms with Crippen LogP contribution in [0.15, 0.2) is 48.9 Å². The average molecular weight is 434 g/mol. The summed E-state index contributed by atoms with van der Waals surface area (Å²) >= 11 is 0. The van der Waals surface area contributed by atoms with E-state index in [1.54, 1.807) is 0 Å². The van der Waals surface area contributed by atoms with Crippen molar-refractivity contribution in [1.29, 1.82) is 5.26 Å². The number of nitrogens with one attached hydrogen (secondary N) is 3. The van der Waals surface area contributed by atoms with Gasteiger partial charge in [-0.15, -0.1) is 0 Å². The van der Waals surface area contributed by atoms with Gasteiger partial charge >= 0.3 is 6.18 Å². The first-order valence-corrected chi connectivity index (χ1v) is 9.42. The summed E-state index contributed by atoms with van der Waals surface area (Å²) in [6, 6.07) is 10.5. The number of pyridine rings is 1. The molecule has 0 unspecified atom stereocenters. The topological polar surface area (TPSA) is 119 Å². The van der Waals surface area contributed by atoms with Crippen molar-refractivity contribution in [3.05, 3.63) is 65.9 Å². The van der Waals surface area contributed by atoms with Crippen molar-refractivity contribution in [3.8, 4) is 17.3 Å². The van der Waals surface area contributed by atoms with Gasteiger partial charge in [0.2, 0.25) is 5.95 Å². The molecule has 0 aliphatic rings. The predicted octanol–water partition coefficient (Wildman–Crippen LogP) is 4.40. The Balaban J connectivity index is 1.50. The lowest BCUT2D eigenvalue weighted by molar-refractivity contribution is -0.137. The monoisotopic (exact) mass is 434 g/mol. The number of nitrogens with zero attached hydrogens (tertiary/aromatic N) is 5. The molecule has 5 aromatic rings. The van der Waals surface area contributed by atoms with Crippen LogP contribution in [0.4, 0.5) is 19.1 Å². The lowest BCUT2D eigenvalue weighted by Crippen LogP contribution is -2.06. The molecule has 4 heterocycles. The lowest BCUT2D eigenvalue weighted by atomic mass is 10.1. The van der Waals surface area contributed by atoms with Crippen LogP contribution in [0.1, 0.15) is 17.0 Å². The zero-order chi connectivity index (χ0) is 22.3. The molecule has 0 bridgehead atoms. The fraction of sp³-hybridized carbons (Fsp3) is 0.0952. The van der Waals surface area contributed by atoms with Crippen LogP contribution < -0.4 is 5.32 Å². The number of H-pyrrole nitrogens is 2. The van der Waals surface area contributed by atoms with Crippen molar-refractivity contribution in [2.75, 3.05) is 5.32 Å². The second kappa shape index (κ2) is 7.35. The zero-order valence-corrected chi connectivity index (χ0v) is 16.2. The third-order valence-corrected chi connectivity index (χ3v) is 4.88. The summed E-state index contributed by atoms with van der Waals surface area (Å²) < 4.78 is 39.5. The van der Waals surface area contributed by atoms with Crippen molar-refractivity contribution in [2.24, 2.45) is 0 Å². The van der Waals surface area contributed by atoms with Crippen molar-refractivity contribution < 1.29 is 13.2 Å². The van der Waals surface area contributed by atoms with Gasteiger partial charge in [-0.3, -0.25) is 0 Å². The number of aromatic nitrogens is 6. The Kier molecular flexibility index (Phi) is 4.48. The van der Waals surface area contributed by atoms with E-state index in [0.717, 1.165) is 23.3 Å². The Morgan fingerprint density at radius 1 is 1.09 bits per heavy atom. The molecular weight excluding hydrogens is 421 g/mol. The summed E-state index contributed by atoms with van der Waals surface area (Å²) in [5.74, 6) is 0.862. The average Bonchev–Trinajstić information content (AvgIpc) is 3.40. The van der Waals surface area contributed by atoms with E-state index in [9.17, 15) is 18.4 Å². The maximum absolute atomic E-state index is 13.2. The van der Waals surface area contributed by atoms with E-state index in [-0.39, 0.29) is 34.8 Å². The Labute approximate surface area is 178 Å². The van der Waals surface area contributed by atoms with Crippen LogP contribution in [-0.4, -0.2) is 29.9 Å². The summed E-state index contributed by atoms with van der Waals surface area (Å²) in [5, 5.41) is 12.7. The summed E-state index contributed by atoms with van der Waals surface area (Å²) in [6.07, 6.45) is -0.986. The van der Waals surface area contributed by atoms with Crippen LogP contribution in [0.25, 0.3) is 33.3 Å². The first kappa shape index (κ1) is 19.5. The highest BCUT2D eigenvalue weighted by molar-refractivity contribution is 5.94. The van der Waals surface area contributed by atoms with Crippen LogP contribution >= 0.6 is 0 Å². The highest BCUT2D eigenvalue weighted by atomic mass is 19.4. The van der Waals surface area contributed by atoms with Crippen molar-refractivity contribution >= 4 is 28.0 Å². The third-order valence-electron chi connectivity index (χ3n) is 4.88. The van der Waals surface area contributed by atoms with E-state index in [1.165, 1.54) is 12.4 Å². The van der Waals surface area contributed by atoms with Crippen LogP contribution in [0.5, 0.6) is 0 Å². The molecule has 0 fully saturated rings. The number of hydrogen-bond acceptors (Lipinski definition) is 6. The van der Waals surface area contributed by atoms with Gasteiger partial charge in [-0.1, -0.05) is 12.1 Å². The minimum atomic E-state index is -4.54. The smallest absolute Gasteiger partial charge is 0.347 e. The molecule has 1 aromatic carbocycles. The summed E-state index contributed by atoms with van der Waals surface area (Å²) in [5.41, 5.74) is 1.72. The largest absolute Gasteiger partial charge is 0.417 e. The third kappa shape index (κ3) is 3.47. The lowest BCUT2D eigenvalue weighted by Gasteiger charge is -2.08. The quantitative estimate of drug-likeness (QED) is 0.386. The van der Waals surface area contributed by atoms with E-state index in [0.29, 0.717) is 11.4 Å². The van der Waals surface area contributed by atoms with Gasteiger partial charge in [0, 0.05) is 23.3 Å². The zero-order valence-electron chi connectivity index (χ0n) is 16.2. The Bertz CT molecular complexity index is 1460. The maximum Gasteiger partial charge on any atom is 0.417 e. The molecular formula is C21H13F3N8. The van der Waals surface area contributed by atoms with E-state index in [1.807, 2.05) is 30.3 Å². The Hall–Kier alpha value is -4.46. The minimum absolute atomic E-state index is 0.123. The molecule has 3 N–H and O–H groups in total. The van der Waals surface area contributed by atoms with E-state index in [4.69, 9.17) is 0 Å². The normalized spacial score (nSPS) is 11.7. The van der Waals surface area contributed by atoms with Gasteiger partial charge in [-0.25, -0.2) is 19.9 Å². The predicted molar refractivity (Wildman–Crippen MR) is 110 cm³/mol. The number of anilines is 1. The standard InChI is InChI=1S/C21H13F3N8/c22-21(23,24)12-5-13-14(9-27-19(13)26-8-12)18-11(6-25)7-28-20(32-18)29-10-17-30-15-3-1-2-4-16(15)31-17/h1-5,7-9H,10H2,(H,26,27)(H,30,31)(H,28,29,32). The van der Waals surface area contributed by atoms with Crippen LogP contribution in [-0.2, 0) is 12.7 Å². The van der Waals surface area contributed by atoms with Crippen molar-refractivity contribution in [1.82, 2.24) is 29.9 Å². The molecule has 0 saturated heterocycles. The molecule has 8 nitrogen and oxygen atoms in total. The first-order valence-electron chi connectivity index (χ1n) is 9.42. The van der Waals surface area contributed by atoms with Gasteiger partial charge in [0.25, 0.3) is 0 Å². The Morgan fingerprint density at radius 3 is 2.72 bits per heavy atom. The van der Waals surface area contributed by atoms with Crippen LogP contribution in [0.3, 0.4) is 0 Å². The Morgan fingerprint density at radius 2 is 1.94 bits per heavy atom. The fourth-order valence-electron chi connectivity index (χ4n) is 3.36. The highest BCUT2D eigenvalue weighted by Crippen LogP contribution is 2.34. The maximum atomic E-state index is 13.2. The number of rotatable bonds is 4. The molecule has 0 aliphatic heterocycles. The molecule has 0 radical (unpaired) electrons. The molecule has 5 rings (SSSR count). The fourth-order valence-corrected chi connectivity index (χ4v) is 3.36. The van der Waals surface area contributed by atoms with Gasteiger partial charge < -0.3 is 15.3 Å². The summed E-state index contributed by atoms with van der Waals surface area (Å²) in [4.78, 5) is 22.8. The number of aromatic amines is 2.